The van der Waals surface area contributed by atoms with Crippen molar-refractivity contribution in [2.24, 2.45) is 0 Å². The van der Waals surface area contributed by atoms with Crippen molar-refractivity contribution in [3.05, 3.63) is 17.3 Å². The number of hydrogen-bond acceptors (Lipinski definition) is 4. The highest BCUT2D eigenvalue weighted by Crippen LogP contribution is 2.26. The van der Waals surface area contributed by atoms with Gasteiger partial charge in [-0.2, -0.15) is 0 Å². The first-order chi connectivity index (χ1) is 6.72. The van der Waals surface area contributed by atoms with Crippen molar-refractivity contribution < 1.29 is 9.47 Å². The van der Waals surface area contributed by atoms with Gasteiger partial charge in [0.1, 0.15) is 0 Å². The normalized spacial score (nSPS) is 10.0. The lowest BCUT2D eigenvalue weighted by Crippen LogP contribution is -2.09. The second-order valence-electron chi connectivity index (χ2n) is 2.99. The van der Waals surface area contributed by atoms with Crippen LogP contribution in [0.25, 0.3) is 0 Å². The number of methoxy groups -OCH3 is 2. The molecule has 0 radical (unpaired) electrons. The molecule has 0 saturated carbocycles. The van der Waals surface area contributed by atoms with Crippen LogP contribution < -0.4 is 14.8 Å². The molecule has 0 fully saturated rings. The number of nitrogens with zero attached hydrogens (tertiary/aromatic N) is 1. The number of aromatic nitrogens is 1. The first-order valence-electron chi connectivity index (χ1n) is 4.46. The number of pyridine rings is 1. The van der Waals surface area contributed by atoms with E-state index in [9.17, 15) is 0 Å². The van der Waals surface area contributed by atoms with Crippen molar-refractivity contribution in [2.75, 3.05) is 21.3 Å². The topological polar surface area (TPSA) is 43.4 Å². The number of rotatable bonds is 4. The van der Waals surface area contributed by atoms with Gasteiger partial charge >= 0.3 is 0 Å². The van der Waals surface area contributed by atoms with E-state index in [1.165, 1.54) is 0 Å². The summed E-state index contributed by atoms with van der Waals surface area (Å²) in [6, 6.07) is 1.93. The molecule has 0 saturated heterocycles. The fourth-order valence-corrected chi connectivity index (χ4v) is 1.25. The Morgan fingerprint density at radius 2 is 2.07 bits per heavy atom. The fraction of sp³-hybridized carbons (Fsp3) is 0.500. The van der Waals surface area contributed by atoms with Gasteiger partial charge in [0.2, 0.25) is 0 Å². The van der Waals surface area contributed by atoms with Gasteiger partial charge in [-0.25, -0.2) is 4.98 Å². The van der Waals surface area contributed by atoms with Gasteiger partial charge in [-0.1, -0.05) is 0 Å². The third-order valence-corrected chi connectivity index (χ3v) is 2.01. The molecule has 0 aliphatic rings. The maximum absolute atomic E-state index is 5.14. The van der Waals surface area contributed by atoms with Gasteiger partial charge in [-0.3, -0.25) is 0 Å². The third-order valence-electron chi connectivity index (χ3n) is 2.01. The molecule has 0 unspecified atom stereocenters. The largest absolute Gasteiger partial charge is 0.491 e. The fourth-order valence-electron chi connectivity index (χ4n) is 1.25. The predicted molar refractivity (Wildman–Crippen MR) is 54.8 cm³/mol. The van der Waals surface area contributed by atoms with Crippen LogP contribution in [0.4, 0.5) is 0 Å². The first-order valence-corrected chi connectivity index (χ1v) is 4.46. The van der Waals surface area contributed by atoms with Crippen LogP contribution in [0.15, 0.2) is 6.07 Å². The molecule has 1 N–H and O–H groups in total. The Balaban J connectivity index is 3.09. The summed E-state index contributed by atoms with van der Waals surface area (Å²) in [5, 5.41) is 3.05. The monoisotopic (exact) mass is 196 g/mol. The Hall–Kier alpha value is -1.29. The van der Waals surface area contributed by atoms with Gasteiger partial charge in [0.05, 0.1) is 19.9 Å². The predicted octanol–water partition coefficient (Wildman–Crippen LogP) is 1.13. The summed E-state index contributed by atoms with van der Waals surface area (Å²) >= 11 is 0. The Bertz CT molecular complexity index is 313. The van der Waals surface area contributed by atoms with Crippen molar-refractivity contribution >= 4 is 0 Å². The number of hydrogen-bond donors (Lipinski definition) is 1. The highest BCUT2D eigenvalue weighted by Gasteiger charge is 2.09. The quantitative estimate of drug-likeness (QED) is 0.784. The molecule has 4 heteroatoms. The van der Waals surface area contributed by atoms with Gasteiger partial charge in [0.15, 0.2) is 5.75 Å². The van der Waals surface area contributed by atoms with Crippen molar-refractivity contribution in [1.82, 2.24) is 10.3 Å². The van der Waals surface area contributed by atoms with E-state index in [2.05, 4.69) is 10.3 Å². The number of ether oxygens (including phenoxy) is 2. The lowest BCUT2D eigenvalue weighted by atomic mass is 10.2. The van der Waals surface area contributed by atoms with E-state index in [0.717, 1.165) is 17.8 Å². The van der Waals surface area contributed by atoms with E-state index in [4.69, 9.17) is 9.47 Å². The summed E-state index contributed by atoms with van der Waals surface area (Å²) < 4.78 is 10.3. The second-order valence-corrected chi connectivity index (χ2v) is 2.99. The highest BCUT2D eigenvalue weighted by molar-refractivity contribution is 5.39. The molecule has 0 aliphatic carbocycles. The summed E-state index contributed by atoms with van der Waals surface area (Å²) in [5.74, 6) is 1.20. The van der Waals surface area contributed by atoms with Crippen LogP contribution in [0.2, 0.25) is 0 Å². The Morgan fingerprint density at radius 1 is 1.36 bits per heavy atom. The Labute approximate surface area is 84.3 Å². The molecule has 1 rings (SSSR count). The van der Waals surface area contributed by atoms with Crippen molar-refractivity contribution in [3.63, 3.8) is 0 Å². The average Bonchev–Trinajstić information content (AvgIpc) is 2.20. The van der Waals surface area contributed by atoms with E-state index in [-0.39, 0.29) is 0 Å². The molecule has 0 amide bonds. The van der Waals surface area contributed by atoms with Gasteiger partial charge < -0.3 is 14.8 Å². The second kappa shape index (κ2) is 4.81. The van der Waals surface area contributed by atoms with Gasteiger partial charge in [0.25, 0.3) is 5.88 Å². The third kappa shape index (κ3) is 2.14. The van der Waals surface area contributed by atoms with E-state index in [0.29, 0.717) is 11.6 Å². The smallest absolute Gasteiger partial charge is 0.257 e. The van der Waals surface area contributed by atoms with Crippen molar-refractivity contribution in [1.29, 1.82) is 0 Å². The molecule has 0 atom stereocenters. The molecule has 0 spiro atoms. The molecule has 4 nitrogen and oxygen atoms in total. The maximum Gasteiger partial charge on any atom is 0.257 e. The Morgan fingerprint density at radius 3 is 2.57 bits per heavy atom. The lowest BCUT2D eigenvalue weighted by Gasteiger charge is -2.10. The van der Waals surface area contributed by atoms with Gasteiger partial charge in [-0.15, -0.1) is 0 Å². The summed E-state index contributed by atoms with van der Waals surface area (Å²) in [7, 11) is 5.08. The minimum Gasteiger partial charge on any atom is -0.491 e. The van der Waals surface area contributed by atoms with Crippen molar-refractivity contribution in [3.8, 4) is 11.6 Å². The molecular weight excluding hydrogens is 180 g/mol. The molecule has 0 aromatic carbocycles. The van der Waals surface area contributed by atoms with Crippen LogP contribution in [0.1, 0.15) is 11.3 Å². The van der Waals surface area contributed by atoms with E-state index in [1.54, 1.807) is 14.2 Å². The zero-order valence-corrected chi connectivity index (χ0v) is 9.05. The first kappa shape index (κ1) is 10.8. The van der Waals surface area contributed by atoms with Crippen LogP contribution in [-0.4, -0.2) is 26.3 Å². The molecular formula is C10H16N2O2. The van der Waals surface area contributed by atoms with Crippen molar-refractivity contribution in [2.45, 2.75) is 13.5 Å². The molecule has 0 aliphatic heterocycles. The summed E-state index contributed by atoms with van der Waals surface area (Å²) in [6.45, 7) is 2.73. The standard InChI is InChI=1S/C10H16N2O2/c1-7-5-9(13-3)10(14-4)12-8(7)6-11-2/h5,11H,6H2,1-4H3. The SMILES string of the molecule is CNCc1nc(OC)c(OC)cc1C. The number of nitrogens with one attached hydrogen (secondary N) is 1. The minimum atomic E-state index is 0.531. The number of aryl methyl sites for hydroxylation is 1. The summed E-state index contributed by atoms with van der Waals surface area (Å²) in [4.78, 5) is 4.34. The maximum atomic E-state index is 5.14. The van der Waals surface area contributed by atoms with E-state index >= 15 is 0 Å². The van der Waals surface area contributed by atoms with Crippen LogP contribution in [0.3, 0.4) is 0 Å². The van der Waals surface area contributed by atoms with E-state index < -0.39 is 0 Å². The van der Waals surface area contributed by atoms with Crippen LogP contribution >= 0.6 is 0 Å². The van der Waals surface area contributed by atoms with Crippen LogP contribution in [0, 0.1) is 6.92 Å². The molecule has 1 aromatic rings. The van der Waals surface area contributed by atoms with Crippen LogP contribution in [-0.2, 0) is 6.54 Å². The van der Waals surface area contributed by atoms with E-state index in [1.807, 2.05) is 20.0 Å². The minimum absolute atomic E-state index is 0.531. The zero-order chi connectivity index (χ0) is 10.6. The molecule has 14 heavy (non-hydrogen) atoms. The summed E-state index contributed by atoms with van der Waals surface area (Å²) in [5.41, 5.74) is 2.07. The molecule has 1 aromatic heterocycles. The molecule has 78 valence electrons. The summed E-state index contributed by atoms with van der Waals surface area (Å²) in [6.07, 6.45) is 0. The molecule has 0 bridgehead atoms. The lowest BCUT2D eigenvalue weighted by molar-refractivity contribution is 0.341. The zero-order valence-electron chi connectivity index (χ0n) is 9.05. The van der Waals surface area contributed by atoms with Gasteiger partial charge in [-0.05, 0) is 25.6 Å². The Kier molecular flexibility index (Phi) is 3.71. The van der Waals surface area contributed by atoms with Gasteiger partial charge in [0, 0.05) is 6.54 Å². The van der Waals surface area contributed by atoms with Crippen LogP contribution in [0.5, 0.6) is 11.6 Å². The highest BCUT2D eigenvalue weighted by atomic mass is 16.5. The average molecular weight is 196 g/mol. The molecule has 1 heterocycles.